The molecule has 168 valence electrons. The zero-order valence-electron chi connectivity index (χ0n) is 17.6. The lowest BCUT2D eigenvalue weighted by Crippen LogP contribution is -2.55. The lowest BCUT2D eigenvalue weighted by Gasteiger charge is -2.39. The molecule has 0 aromatic carbocycles. The van der Waals surface area contributed by atoms with Crippen LogP contribution in [-0.2, 0) is 28.5 Å². The topological polar surface area (TPSA) is 139 Å². The van der Waals surface area contributed by atoms with Crippen LogP contribution in [0, 0.1) is 5.92 Å². The Morgan fingerprint density at radius 2 is 2.10 bits per heavy atom. The van der Waals surface area contributed by atoms with Crippen molar-refractivity contribution in [2.75, 3.05) is 33.5 Å². The molecule has 4 aliphatic heterocycles. The third-order valence-corrected chi connectivity index (χ3v) is 7.06. The molecular formula is C21H27N3O7. The maximum atomic E-state index is 13.6. The number of carbonyl (C=O) groups is 3. The molecule has 4 heterocycles. The Bertz CT molecular complexity index is 907. The molecule has 3 saturated heterocycles. The van der Waals surface area contributed by atoms with Gasteiger partial charge >= 0.3 is 6.09 Å². The van der Waals surface area contributed by atoms with Crippen LogP contribution in [0.5, 0.6) is 0 Å². The number of nitrogens with one attached hydrogen (secondary N) is 1. The molecule has 1 aliphatic carbocycles. The van der Waals surface area contributed by atoms with Crippen LogP contribution in [0.3, 0.4) is 0 Å². The SMILES string of the molecule is COC12C(COC(N)=O)C3=C(C(=O)C(C)=C(OCC4CCCCO4)C3=O)N1CC1NC12. The Hall–Kier alpha value is -2.43. The van der Waals surface area contributed by atoms with E-state index in [4.69, 9.17) is 24.7 Å². The molecule has 0 aromatic heterocycles. The Morgan fingerprint density at radius 3 is 2.77 bits per heavy atom. The first-order valence-corrected chi connectivity index (χ1v) is 10.7. The number of Topliss-reactive ketones (excluding diaryl/α,β-unsaturated/α-hetero) is 2. The van der Waals surface area contributed by atoms with Crippen LogP contribution in [0.4, 0.5) is 4.79 Å². The van der Waals surface area contributed by atoms with Gasteiger partial charge in [0.2, 0.25) is 11.6 Å². The monoisotopic (exact) mass is 433 g/mol. The largest absolute Gasteiger partial charge is 0.486 e. The number of amides is 1. The number of rotatable bonds is 6. The number of carbonyl (C=O) groups excluding carboxylic acids is 3. The minimum atomic E-state index is -0.988. The van der Waals surface area contributed by atoms with Crippen LogP contribution in [0.2, 0.25) is 0 Å². The molecule has 3 N–H and O–H groups in total. The molecule has 0 spiro atoms. The highest BCUT2D eigenvalue weighted by Gasteiger charge is 2.72. The summed E-state index contributed by atoms with van der Waals surface area (Å²) >= 11 is 0. The molecule has 5 unspecified atom stereocenters. The number of ketones is 2. The number of fused-ring (bicyclic) bond motifs is 4. The smallest absolute Gasteiger partial charge is 0.404 e. The van der Waals surface area contributed by atoms with E-state index in [0.29, 0.717) is 18.8 Å². The molecule has 5 rings (SSSR count). The molecule has 10 heteroatoms. The first-order valence-electron chi connectivity index (χ1n) is 10.7. The normalized spacial score (nSPS) is 36.4. The summed E-state index contributed by atoms with van der Waals surface area (Å²) < 4.78 is 22.6. The number of allylic oxidation sites excluding steroid dienone is 2. The molecule has 31 heavy (non-hydrogen) atoms. The van der Waals surface area contributed by atoms with E-state index in [2.05, 4.69) is 5.32 Å². The molecule has 5 aliphatic rings. The van der Waals surface area contributed by atoms with E-state index in [-0.39, 0.29) is 59.9 Å². The van der Waals surface area contributed by atoms with Gasteiger partial charge in [0.05, 0.1) is 23.8 Å². The summed E-state index contributed by atoms with van der Waals surface area (Å²) in [5.41, 5.74) is 5.07. The summed E-state index contributed by atoms with van der Waals surface area (Å²) in [5, 5.41) is 3.33. The van der Waals surface area contributed by atoms with Gasteiger partial charge < -0.3 is 34.9 Å². The van der Waals surface area contributed by atoms with Crippen molar-refractivity contribution in [3.05, 3.63) is 22.6 Å². The van der Waals surface area contributed by atoms with Gasteiger partial charge in [-0.2, -0.15) is 0 Å². The molecule has 0 saturated carbocycles. The summed E-state index contributed by atoms with van der Waals surface area (Å²) in [6.45, 7) is 2.85. The number of piperazine rings is 1. The summed E-state index contributed by atoms with van der Waals surface area (Å²) in [6, 6.07) is 0.0730. The lowest BCUT2D eigenvalue weighted by atomic mass is 9.83. The van der Waals surface area contributed by atoms with Crippen molar-refractivity contribution in [3.63, 3.8) is 0 Å². The van der Waals surface area contributed by atoms with Crippen molar-refractivity contribution < 1.29 is 33.3 Å². The number of ether oxygens (including phenoxy) is 4. The van der Waals surface area contributed by atoms with Gasteiger partial charge in [0.1, 0.15) is 13.2 Å². The van der Waals surface area contributed by atoms with E-state index in [9.17, 15) is 14.4 Å². The Labute approximate surface area is 179 Å². The molecule has 0 aromatic rings. The predicted octanol–water partition coefficient (Wildman–Crippen LogP) is -0.0242. The maximum Gasteiger partial charge on any atom is 0.404 e. The molecule has 1 amide bonds. The fourth-order valence-corrected chi connectivity index (χ4v) is 5.56. The third-order valence-electron chi connectivity index (χ3n) is 7.06. The van der Waals surface area contributed by atoms with Crippen LogP contribution in [0.1, 0.15) is 26.2 Å². The second-order valence-corrected chi connectivity index (χ2v) is 8.67. The number of nitrogens with two attached hydrogens (primary N) is 1. The van der Waals surface area contributed by atoms with E-state index in [0.717, 1.165) is 19.3 Å². The molecular weight excluding hydrogens is 406 g/mol. The zero-order chi connectivity index (χ0) is 21.9. The van der Waals surface area contributed by atoms with Gasteiger partial charge in [-0.25, -0.2) is 4.79 Å². The van der Waals surface area contributed by atoms with Gasteiger partial charge in [-0.05, 0) is 26.2 Å². The van der Waals surface area contributed by atoms with E-state index in [1.54, 1.807) is 6.92 Å². The number of primary amides is 1. The summed E-state index contributed by atoms with van der Waals surface area (Å²) in [4.78, 5) is 40.2. The van der Waals surface area contributed by atoms with Gasteiger partial charge in [0.15, 0.2) is 11.5 Å². The predicted molar refractivity (Wildman–Crippen MR) is 105 cm³/mol. The molecule has 10 nitrogen and oxygen atoms in total. The first kappa shape index (κ1) is 20.5. The van der Waals surface area contributed by atoms with Gasteiger partial charge in [0, 0.05) is 37.4 Å². The fourth-order valence-electron chi connectivity index (χ4n) is 5.56. The highest BCUT2D eigenvalue weighted by Crippen LogP contribution is 2.55. The van der Waals surface area contributed by atoms with E-state index in [1.165, 1.54) is 7.11 Å². The highest BCUT2D eigenvalue weighted by atomic mass is 16.6. The highest BCUT2D eigenvalue weighted by molar-refractivity contribution is 6.25. The quantitative estimate of drug-likeness (QED) is 0.437. The third kappa shape index (κ3) is 2.92. The standard InChI is InChI=1S/C21H27N3O7/c1-10-16(25)15-14(17(26)18(10)30-8-11-5-3-4-6-29-11)12(9-31-20(22)27)21(28-2)19-13(23-19)7-24(15)21/h11-13,19,23H,3-9H2,1-2H3,(H2,22,27). The average Bonchev–Trinajstić information content (AvgIpc) is 3.37. The van der Waals surface area contributed by atoms with Crippen LogP contribution < -0.4 is 11.1 Å². The van der Waals surface area contributed by atoms with E-state index >= 15 is 0 Å². The number of hydrogen-bond donors (Lipinski definition) is 2. The maximum absolute atomic E-state index is 13.6. The van der Waals surface area contributed by atoms with E-state index in [1.807, 2.05) is 4.90 Å². The van der Waals surface area contributed by atoms with Crippen LogP contribution in [-0.4, -0.2) is 79.9 Å². The Balaban J connectivity index is 1.47. The summed E-state index contributed by atoms with van der Waals surface area (Å²) in [5.74, 6) is -1.27. The van der Waals surface area contributed by atoms with E-state index < -0.39 is 17.7 Å². The summed E-state index contributed by atoms with van der Waals surface area (Å²) in [7, 11) is 1.54. The van der Waals surface area contributed by atoms with Crippen molar-refractivity contribution >= 4 is 17.7 Å². The van der Waals surface area contributed by atoms with Crippen LogP contribution >= 0.6 is 0 Å². The van der Waals surface area contributed by atoms with Crippen LogP contribution in [0.25, 0.3) is 0 Å². The van der Waals surface area contributed by atoms with Gasteiger partial charge in [-0.1, -0.05) is 0 Å². The average molecular weight is 433 g/mol. The number of hydrogen-bond acceptors (Lipinski definition) is 9. The fraction of sp³-hybridized carbons (Fsp3) is 0.667. The lowest BCUT2D eigenvalue weighted by molar-refractivity contribution is -0.137. The minimum Gasteiger partial charge on any atom is -0.486 e. The van der Waals surface area contributed by atoms with Crippen molar-refractivity contribution in [1.82, 2.24) is 10.2 Å². The van der Waals surface area contributed by atoms with Crippen molar-refractivity contribution in [2.24, 2.45) is 11.7 Å². The van der Waals surface area contributed by atoms with Gasteiger partial charge in [0.25, 0.3) is 0 Å². The van der Waals surface area contributed by atoms with Crippen molar-refractivity contribution in [3.8, 4) is 0 Å². The summed E-state index contributed by atoms with van der Waals surface area (Å²) in [6.07, 6.45) is 1.86. The first-order chi connectivity index (χ1) is 14.9. The zero-order valence-corrected chi connectivity index (χ0v) is 17.6. The molecule has 3 fully saturated rings. The minimum absolute atomic E-state index is 0.0368. The Morgan fingerprint density at radius 1 is 1.29 bits per heavy atom. The second kappa shape index (κ2) is 7.32. The number of methoxy groups -OCH3 is 1. The van der Waals surface area contributed by atoms with Gasteiger partial charge in [-0.3, -0.25) is 9.59 Å². The molecule has 0 bridgehead atoms. The molecule has 5 atom stereocenters. The van der Waals surface area contributed by atoms with Gasteiger partial charge in [-0.15, -0.1) is 0 Å². The second-order valence-electron chi connectivity index (χ2n) is 8.67. The Kier molecular flexibility index (Phi) is 4.83. The van der Waals surface area contributed by atoms with Crippen molar-refractivity contribution in [1.29, 1.82) is 0 Å². The van der Waals surface area contributed by atoms with Crippen molar-refractivity contribution in [2.45, 2.75) is 50.1 Å². The number of nitrogens with zero attached hydrogens (tertiary/aromatic N) is 1. The van der Waals surface area contributed by atoms with Crippen LogP contribution in [0.15, 0.2) is 22.6 Å². The molecule has 0 radical (unpaired) electrons.